The lowest BCUT2D eigenvalue weighted by Crippen LogP contribution is -2.38. The summed E-state index contributed by atoms with van der Waals surface area (Å²) in [6, 6.07) is 18.3. The SMILES string of the molecule is CCN(C)C(C(=O)NCc1ccccc1CN1CCCC(C)C1)c1ccccc1. The smallest absolute Gasteiger partial charge is 0.242 e. The highest BCUT2D eigenvalue weighted by Gasteiger charge is 2.24. The van der Waals surface area contributed by atoms with E-state index in [4.69, 9.17) is 0 Å². The number of nitrogens with zero attached hydrogens (tertiary/aromatic N) is 2. The molecule has 29 heavy (non-hydrogen) atoms. The van der Waals surface area contributed by atoms with E-state index >= 15 is 0 Å². The van der Waals surface area contributed by atoms with Gasteiger partial charge in [0, 0.05) is 19.6 Å². The molecular formula is C25H35N3O. The maximum absolute atomic E-state index is 13.1. The molecule has 3 rings (SSSR count). The van der Waals surface area contributed by atoms with Crippen molar-refractivity contribution in [1.82, 2.24) is 15.1 Å². The number of piperidine rings is 1. The van der Waals surface area contributed by atoms with Gasteiger partial charge in [0.2, 0.25) is 5.91 Å². The molecule has 2 aromatic rings. The van der Waals surface area contributed by atoms with Crippen LogP contribution in [0.2, 0.25) is 0 Å². The lowest BCUT2D eigenvalue weighted by molar-refractivity contribution is -0.126. The summed E-state index contributed by atoms with van der Waals surface area (Å²) in [7, 11) is 2.00. The van der Waals surface area contributed by atoms with E-state index in [1.54, 1.807) is 0 Å². The fourth-order valence-electron chi connectivity index (χ4n) is 4.26. The maximum atomic E-state index is 13.1. The zero-order valence-electron chi connectivity index (χ0n) is 18.1. The third kappa shape index (κ3) is 5.91. The van der Waals surface area contributed by atoms with Crippen molar-refractivity contribution in [3.63, 3.8) is 0 Å². The average Bonchev–Trinajstić information content (AvgIpc) is 2.74. The Balaban J connectivity index is 1.67. The zero-order valence-corrected chi connectivity index (χ0v) is 18.1. The number of rotatable bonds is 8. The summed E-state index contributed by atoms with van der Waals surface area (Å²) in [5.41, 5.74) is 3.57. The van der Waals surface area contributed by atoms with Crippen LogP contribution in [0.4, 0.5) is 0 Å². The fourth-order valence-corrected chi connectivity index (χ4v) is 4.26. The Bertz CT molecular complexity index is 777. The number of likely N-dealkylation sites (tertiary alicyclic amines) is 1. The number of benzene rings is 2. The molecule has 0 bridgehead atoms. The Kier molecular flexibility index (Phi) is 7.84. The lowest BCUT2D eigenvalue weighted by atomic mass is 9.99. The van der Waals surface area contributed by atoms with Crippen molar-refractivity contribution in [3.8, 4) is 0 Å². The van der Waals surface area contributed by atoms with Crippen molar-refractivity contribution >= 4 is 5.91 Å². The van der Waals surface area contributed by atoms with Gasteiger partial charge >= 0.3 is 0 Å². The quantitative estimate of drug-likeness (QED) is 0.729. The third-order valence-electron chi connectivity index (χ3n) is 6.01. The van der Waals surface area contributed by atoms with E-state index in [0.29, 0.717) is 6.54 Å². The molecule has 2 atom stereocenters. The minimum absolute atomic E-state index is 0.0574. The molecule has 1 heterocycles. The first-order valence-electron chi connectivity index (χ1n) is 10.9. The Labute approximate surface area is 175 Å². The van der Waals surface area contributed by atoms with Crippen LogP contribution in [0.15, 0.2) is 54.6 Å². The van der Waals surface area contributed by atoms with Gasteiger partial charge in [0.1, 0.15) is 6.04 Å². The molecule has 1 fully saturated rings. The number of carbonyl (C=O) groups excluding carboxylic acids is 1. The molecular weight excluding hydrogens is 358 g/mol. The maximum Gasteiger partial charge on any atom is 0.242 e. The van der Waals surface area contributed by atoms with Crippen LogP contribution in [0.25, 0.3) is 0 Å². The predicted molar refractivity (Wildman–Crippen MR) is 119 cm³/mol. The number of nitrogens with one attached hydrogen (secondary N) is 1. The van der Waals surface area contributed by atoms with E-state index in [9.17, 15) is 4.79 Å². The number of hydrogen-bond donors (Lipinski definition) is 1. The van der Waals surface area contributed by atoms with Crippen molar-refractivity contribution < 1.29 is 4.79 Å². The molecule has 1 aliphatic rings. The number of likely N-dealkylation sites (N-methyl/N-ethyl adjacent to an activating group) is 1. The largest absolute Gasteiger partial charge is 0.350 e. The molecule has 2 unspecified atom stereocenters. The van der Waals surface area contributed by atoms with Crippen LogP contribution >= 0.6 is 0 Å². The van der Waals surface area contributed by atoms with E-state index in [1.807, 2.05) is 37.4 Å². The van der Waals surface area contributed by atoms with Crippen LogP contribution in [0.3, 0.4) is 0 Å². The highest BCUT2D eigenvalue weighted by molar-refractivity contribution is 5.83. The highest BCUT2D eigenvalue weighted by atomic mass is 16.2. The molecule has 0 aliphatic carbocycles. The van der Waals surface area contributed by atoms with Gasteiger partial charge in [0.05, 0.1) is 0 Å². The summed E-state index contributed by atoms with van der Waals surface area (Å²) in [6.07, 6.45) is 2.61. The van der Waals surface area contributed by atoms with Crippen LogP contribution < -0.4 is 5.32 Å². The van der Waals surface area contributed by atoms with Gasteiger partial charge in [-0.15, -0.1) is 0 Å². The molecule has 0 radical (unpaired) electrons. The average molecular weight is 394 g/mol. The molecule has 0 saturated carbocycles. The first kappa shape index (κ1) is 21.5. The normalized spacial score (nSPS) is 18.6. The van der Waals surface area contributed by atoms with Gasteiger partial charge in [-0.25, -0.2) is 0 Å². The summed E-state index contributed by atoms with van der Waals surface area (Å²) < 4.78 is 0. The number of hydrogen-bond acceptors (Lipinski definition) is 3. The van der Waals surface area contributed by atoms with Gasteiger partial charge in [-0.1, -0.05) is 68.4 Å². The minimum Gasteiger partial charge on any atom is -0.350 e. The molecule has 0 aromatic heterocycles. The molecule has 1 aliphatic heterocycles. The van der Waals surface area contributed by atoms with E-state index in [0.717, 1.165) is 31.1 Å². The second-order valence-corrected chi connectivity index (χ2v) is 8.36. The van der Waals surface area contributed by atoms with Gasteiger partial charge in [-0.05, 0) is 55.6 Å². The molecule has 1 N–H and O–H groups in total. The van der Waals surface area contributed by atoms with Crippen molar-refractivity contribution in [1.29, 1.82) is 0 Å². The second kappa shape index (κ2) is 10.6. The Morgan fingerprint density at radius 1 is 1.14 bits per heavy atom. The highest BCUT2D eigenvalue weighted by Crippen LogP contribution is 2.21. The first-order valence-corrected chi connectivity index (χ1v) is 10.9. The Hall–Kier alpha value is -2.17. The summed E-state index contributed by atoms with van der Waals surface area (Å²) >= 11 is 0. The predicted octanol–water partition coefficient (Wildman–Crippen LogP) is 4.23. The van der Waals surface area contributed by atoms with Crippen LogP contribution in [0.5, 0.6) is 0 Å². The van der Waals surface area contributed by atoms with Crippen LogP contribution in [0.1, 0.15) is 49.4 Å². The van der Waals surface area contributed by atoms with E-state index in [2.05, 4.69) is 53.2 Å². The molecule has 156 valence electrons. The fraction of sp³-hybridized carbons (Fsp3) is 0.480. The first-order chi connectivity index (χ1) is 14.1. The summed E-state index contributed by atoms with van der Waals surface area (Å²) in [5, 5.41) is 3.20. The lowest BCUT2D eigenvalue weighted by Gasteiger charge is -2.31. The van der Waals surface area contributed by atoms with Crippen molar-refractivity contribution in [2.24, 2.45) is 5.92 Å². The van der Waals surface area contributed by atoms with Crippen LogP contribution in [-0.4, -0.2) is 42.4 Å². The monoisotopic (exact) mass is 393 g/mol. The minimum atomic E-state index is -0.267. The summed E-state index contributed by atoms with van der Waals surface area (Å²) in [6.45, 7) is 9.11. The topological polar surface area (TPSA) is 35.6 Å². The van der Waals surface area contributed by atoms with E-state index in [1.165, 1.54) is 30.5 Å². The molecule has 2 aromatic carbocycles. The number of amides is 1. The van der Waals surface area contributed by atoms with E-state index < -0.39 is 0 Å². The van der Waals surface area contributed by atoms with Gasteiger partial charge in [-0.3, -0.25) is 14.6 Å². The molecule has 1 amide bonds. The Morgan fingerprint density at radius 3 is 2.52 bits per heavy atom. The van der Waals surface area contributed by atoms with Crippen LogP contribution in [0, 0.1) is 5.92 Å². The van der Waals surface area contributed by atoms with Gasteiger partial charge in [0.15, 0.2) is 0 Å². The Morgan fingerprint density at radius 2 is 1.83 bits per heavy atom. The summed E-state index contributed by atoms with van der Waals surface area (Å²) in [4.78, 5) is 17.7. The molecule has 1 saturated heterocycles. The third-order valence-corrected chi connectivity index (χ3v) is 6.01. The molecule has 0 spiro atoms. The van der Waals surface area contributed by atoms with Crippen molar-refractivity contribution in [2.75, 3.05) is 26.7 Å². The van der Waals surface area contributed by atoms with Gasteiger partial charge < -0.3 is 5.32 Å². The van der Waals surface area contributed by atoms with Crippen molar-refractivity contribution in [3.05, 3.63) is 71.3 Å². The van der Waals surface area contributed by atoms with Crippen molar-refractivity contribution in [2.45, 2.75) is 45.8 Å². The molecule has 4 heteroatoms. The number of carbonyl (C=O) groups is 1. The standard InChI is InChI=1S/C25H35N3O/c1-4-27(3)24(21-12-6-5-7-13-21)25(29)26-17-22-14-8-9-15-23(22)19-28-16-10-11-20(2)18-28/h5-9,12-15,20,24H,4,10-11,16-19H2,1-3H3,(H,26,29). The second-order valence-electron chi connectivity index (χ2n) is 8.36. The van der Waals surface area contributed by atoms with Gasteiger partial charge in [-0.2, -0.15) is 0 Å². The van der Waals surface area contributed by atoms with Crippen LogP contribution in [-0.2, 0) is 17.9 Å². The van der Waals surface area contributed by atoms with E-state index in [-0.39, 0.29) is 11.9 Å². The zero-order chi connectivity index (χ0) is 20.6. The summed E-state index contributed by atoms with van der Waals surface area (Å²) in [5.74, 6) is 0.828. The molecule has 4 nitrogen and oxygen atoms in total. The van der Waals surface area contributed by atoms with Gasteiger partial charge in [0.25, 0.3) is 0 Å².